The highest BCUT2D eigenvalue weighted by Gasteiger charge is 2.55. The second-order valence-corrected chi connectivity index (χ2v) is 6.19. The molecule has 2 N–H and O–H groups in total. The molecule has 0 saturated carbocycles. The Morgan fingerprint density at radius 1 is 1.10 bits per heavy atom. The van der Waals surface area contributed by atoms with Crippen LogP contribution in [0, 0.1) is 6.90 Å². The highest BCUT2D eigenvalue weighted by molar-refractivity contribution is 5.87. The van der Waals surface area contributed by atoms with Gasteiger partial charge in [-0.1, -0.05) is 6.07 Å². The topological polar surface area (TPSA) is 76.0 Å². The van der Waals surface area contributed by atoms with E-state index < -0.39 is 36.9 Å². The minimum absolute atomic E-state index is 0.0776. The predicted octanol–water partition coefficient (Wildman–Crippen LogP) is 4.26. The van der Waals surface area contributed by atoms with Crippen LogP contribution in [0.3, 0.4) is 0 Å². The van der Waals surface area contributed by atoms with Crippen molar-refractivity contribution in [3.8, 4) is 11.5 Å². The van der Waals surface area contributed by atoms with Crippen LogP contribution in [0.4, 0.5) is 17.6 Å². The lowest BCUT2D eigenvalue weighted by Crippen LogP contribution is -2.44. The van der Waals surface area contributed by atoms with E-state index in [1.807, 2.05) is 0 Å². The maximum absolute atomic E-state index is 13.0. The fourth-order valence-corrected chi connectivity index (χ4v) is 2.42. The Morgan fingerprint density at radius 3 is 2.31 bits per heavy atom. The molecule has 0 aliphatic rings. The van der Waals surface area contributed by atoms with Crippen LogP contribution in [0.15, 0.2) is 42.5 Å². The lowest BCUT2D eigenvalue weighted by Gasteiger charge is -2.28. The number of benzene rings is 2. The van der Waals surface area contributed by atoms with Gasteiger partial charge < -0.3 is 19.7 Å². The molecule has 158 valence electrons. The lowest BCUT2D eigenvalue weighted by molar-refractivity contribution is -0.271. The van der Waals surface area contributed by atoms with Gasteiger partial charge in [0.2, 0.25) is 5.60 Å². The van der Waals surface area contributed by atoms with E-state index in [2.05, 4.69) is 0 Å². The molecule has 0 radical (unpaired) electrons. The van der Waals surface area contributed by atoms with E-state index in [0.29, 0.717) is 12.2 Å². The maximum atomic E-state index is 13.0. The minimum atomic E-state index is -5.20. The summed E-state index contributed by atoms with van der Waals surface area (Å²) < 4.78 is 70.4. The van der Waals surface area contributed by atoms with Gasteiger partial charge >= 0.3 is 12.1 Å². The van der Waals surface area contributed by atoms with Crippen molar-refractivity contribution >= 4 is 5.97 Å². The van der Waals surface area contributed by atoms with Crippen LogP contribution in [-0.4, -0.2) is 42.2 Å². The summed E-state index contributed by atoms with van der Waals surface area (Å²) in [5, 5.41) is 18.5. The molecule has 0 aromatic heterocycles. The lowest BCUT2D eigenvalue weighted by atomic mass is 9.93. The van der Waals surface area contributed by atoms with Crippen molar-refractivity contribution in [2.45, 2.75) is 25.1 Å². The number of carbonyl (C=O) groups is 1. The number of rotatable bonds is 9. The summed E-state index contributed by atoms with van der Waals surface area (Å²) in [5.74, 6) is -0.428. The van der Waals surface area contributed by atoms with Gasteiger partial charge in [0, 0.05) is 7.79 Å². The molecule has 2 aromatic rings. The zero-order chi connectivity index (χ0) is 22.4. The minimum Gasteiger partial charge on any atom is -0.493 e. The molecule has 29 heavy (non-hydrogen) atoms. The van der Waals surface area contributed by atoms with Crippen LogP contribution >= 0.6 is 0 Å². The predicted molar refractivity (Wildman–Crippen MR) is 96.1 cm³/mol. The van der Waals surface area contributed by atoms with E-state index in [1.165, 1.54) is 24.3 Å². The number of carboxylic acids is 1. The first-order valence-electron chi connectivity index (χ1n) is 9.19. The maximum Gasteiger partial charge on any atom is 0.424 e. The third kappa shape index (κ3) is 5.38. The van der Waals surface area contributed by atoms with E-state index in [0.717, 1.165) is 18.2 Å². The van der Waals surface area contributed by atoms with Crippen molar-refractivity contribution in [1.82, 2.24) is 0 Å². The van der Waals surface area contributed by atoms with Crippen LogP contribution in [0.25, 0.3) is 0 Å². The van der Waals surface area contributed by atoms with Crippen molar-refractivity contribution in [1.29, 1.82) is 0 Å². The summed E-state index contributed by atoms with van der Waals surface area (Å²) in [6.45, 7) is -2.10. The Morgan fingerprint density at radius 2 is 1.76 bits per heavy atom. The molecule has 0 aliphatic heterocycles. The summed E-state index contributed by atoms with van der Waals surface area (Å²) in [5.41, 5.74) is -4.13. The average molecular weight is 418 g/mol. The highest BCUT2D eigenvalue weighted by atomic mass is 19.4. The summed E-state index contributed by atoms with van der Waals surface area (Å²) in [6, 6.07) is 8.81. The van der Waals surface area contributed by atoms with E-state index in [-0.39, 0.29) is 30.1 Å². The Hall–Kier alpha value is -2.81. The molecule has 2 aromatic carbocycles. The van der Waals surface area contributed by atoms with Gasteiger partial charge in [0.1, 0.15) is 18.2 Å². The van der Waals surface area contributed by atoms with Crippen molar-refractivity contribution in [2.24, 2.45) is 0 Å². The first-order valence-corrected chi connectivity index (χ1v) is 8.49. The molecule has 0 bridgehead atoms. The second-order valence-electron chi connectivity index (χ2n) is 6.19. The third-order valence-corrected chi connectivity index (χ3v) is 4.12. The number of carboxylic acid groups (broad SMARTS) is 1. The van der Waals surface area contributed by atoms with Crippen molar-refractivity contribution in [3.63, 3.8) is 0 Å². The van der Waals surface area contributed by atoms with Gasteiger partial charge in [-0.3, -0.25) is 0 Å². The molecule has 0 amide bonds. The van der Waals surface area contributed by atoms with Gasteiger partial charge in [-0.15, -0.1) is 0 Å². The van der Waals surface area contributed by atoms with E-state index in [9.17, 15) is 27.5 Å². The van der Waals surface area contributed by atoms with E-state index >= 15 is 0 Å². The van der Waals surface area contributed by atoms with E-state index in [4.69, 9.17) is 16.0 Å². The Balaban J connectivity index is 1.93. The molecule has 1 unspecified atom stereocenters. The Bertz CT molecular complexity index is 857. The normalized spacial score (nSPS) is 14.0. The summed E-state index contributed by atoms with van der Waals surface area (Å²) in [6.07, 6.45) is -4.81. The van der Waals surface area contributed by atoms with Gasteiger partial charge in [0.25, 0.3) is 0 Å². The van der Waals surface area contributed by atoms with Gasteiger partial charge in [-0.05, 0) is 54.4 Å². The standard InChI is InChI=1S/C20H20F4O5/c1-13-11-15(19(27,12-21)20(22,23)24)5-8-17(13)29-10-2-9-28-16-6-3-14(4-7-16)18(25)26/h3-8,11,27H,2,9-10,12H2,1H3,(H,25,26)/i1T. The van der Waals surface area contributed by atoms with Crippen LogP contribution in [-0.2, 0) is 5.60 Å². The van der Waals surface area contributed by atoms with Gasteiger partial charge in [-0.2, -0.15) is 13.2 Å². The molecule has 0 heterocycles. The molecule has 0 spiro atoms. The van der Waals surface area contributed by atoms with Crippen LogP contribution in [0.1, 0.15) is 29.3 Å². The highest BCUT2D eigenvalue weighted by Crippen LogP contribution is 2.40. The Labute approximate surface area is 165 Å². The van der Waals surface area contributed by atoms with Gasteiger partial charge in [0.15, 0.2) is 0 Å². The fraction of sp³-hybridized carbons (Fsp3) is 0.350. The number of hydrogen-bond acceptors (Lipinski definition) is 4. The summed E-state index contributed by atoms with van der Waals surface area (Å²) in [7, 11) is 0. The molecule has 0 aliphatic carbocycles. The van der Waals surface area contributed by atoms with E-state index in [1.54, 1.807) is 0 Å². The van der Waals surface area contributed by atoms with Crippen LogP contribution in [0.5, 0.6) is 11.5 Å². The number of aromatic carboxylic acids is 1. The number of aliphatic hydroxyl groups is 1. The smallest absolute Gasteiger partial charge is 0.424 e. The summed E-state index contributed by atoms with van der Waals surface area (Å²) in [4.78, 5) is 10.8. The zero-order valence-electron chi connectivity index (χ0n) is 16.2. The third-order valence-electron chi connectivity index (χ3n) is 4.12. The second kappa shape index (κ2) is 9.13. The SMILES string of the molecule is [3H]Cc1cc(C(O)(CF)C(F)(F)F)ccc1OCCCOc1ccc(C(=O)O)cc1. The quantitative estimate of drug-likeness (QED) is 0.470. The molecular formula is C20H20F4O5. The number of aryl methyl sites for hydroxylation is 1. The number of halogens is 4. The first-order chi connectivity index (χ1) is 14.1. The number of alkyl halides is 4. The Kier molecular flexibility index (Phi) is 6.58. The molecular weight excluding hydrogens is 396 g/mol. The largest absolute Gasteiger partial charge is 0.493 e. The molecule has 1 atom stereocenters. The summed E-state index contributed by atoms with van der Waals surface area (Å²) >= 11 is 0. The van der Waals surface area contributed by atoms with Crippen LogP contribution < -0.4 is 9.47 Å². The van der Waals surface area contributed by atoms with Gasteiger partial charge in [0.05, 0.1) is 18.8 Å². The molecule has 9 heteroatoms. The molecule has 0 fully saturated rings. The zero-order valence-corrected chi connectivity index (χ0v) is 15.2. The monoisotopic (exact) mass is 418 g/mol. The van der Waals surface area contributed by atoms with Crippen molar-refractivity contribution < 1.29 is 43.4 Å². The number of ether oxygens (including phenoxy) is 2. The van der Waals surface area contributed by atoms with Gasteiger partial charge in [-0.25, -0.2) is 9.18 Å². The fourth-order valence-electron chi connectivity index (χ4n) is 2.42. The average Bonchev–Trinajstić information content (AvgIpc) is 2.72. The van der Waals surface area contributed by atoms with Crippen molar-refractivity contribution in [3.05, 3.63) is 59.2 Å². The number of hydrogen-bond donors (Lipinski definition) is 2. The first kappa shape index (κ1) is 20.9. The molecule has 2 rings (SSSR count). The van der Waals surface area contributed by atoms with Crippen LogP contribution in [0.2, 0.25) is 0 Å². The molecule has 0 saturated heterocycles. The molecule has 5 nitrogen and oxygen atoms in total. The van der Waals surface area contributed by atoms with Crippen molar-refractivity contribution in [2.75, 3.05) is 19.9 Å².